The molecule has 0 bridgehead atoms. The molecule has 3 aromatic rings. The second kappa shape index (κ2) is 8.08. The van der Waals surface area contributed by atoms with Crippen LogP contribution in [0.2, 0.25) is 0 Å². The standard InChI is InChI=1S/C21H20BrNO2/c1-15-3-2-4-16(11-15)14-25-21-10-5-18(22)12-17(21)13-23-19-6-8-20(24)9-7-19/h2-12,23-24H,13-14H2,1H3. The summed E-state index contributed by atoms with van der Waals surface area (Å²) in [6, 6.07) is 21.4. The minimum absolute atomic E-state index is 0.259. The molecule has 0 aliphatic rings. The van der Waals surface area contributed by atoms with Crippen LogP contribution in [0.1, 0.15) is 16.7 Å². The third-order valence-corrected chi connectivity index (χ3v) is 4.34. The van der Waals surface area contributed by atoms with Crippen molar-refractivity contribution in [3.05, 3.63) is 87.9 Å². The quantitative estimate of drug-likeness (QED) is 0.527. The van der Waals surface area contributed by atoms with Crippen molar-refractivity contribution in [1.82, 2.24) is 0 Å². The Hall–Kier alpha value is -2.46. The molecule has 0 aromatic heterocycles. The van der Waals surface area contributed by atoms with Gasteiger partial charge in [-0.05, 0) is 55.0 Å². The summed E-state index contributed by atoms with van der Waals surface area (Å²) in [6.07, 6.45) is 0. The fraction of sp³-hybridized carbons (Fsp3) is 0.143. The van der Waals surface area contributed by atoms with E-state index in [9.17, 15) is 5.11 Å². The molecule has 0 atom stereocenters. The predicted molar refractivity (Wildman–Crippen MR) is 105 cm³/mol. The molecule has 128 valence electrons. The number of aromatic hydroxyl groups is 1. The lowest BCUT2D eigenvalue weighted by Crippen LogP contribution is -2.04. The maximum atomic E-state index is 9.37. The largest absolute Gasteiger partial charge is 0.508 e. The topological polar surface area (TPSA) is 41.5 Å². The number of ether oxygens (including phenoxy) is 1. The molecule has 0 aliphatic heterocycles. The highest BCUT2D eigenvalue weighted by Crippen LogP contribution is 2.25. The molecular formula is C21H20BrNO2. The molecule has 0 heterocycles. The molecule has 0 unspecified atom stereocenters. The second-order valence-electron chi connectivity index (χ2n) is 5.93. The summed E-state index contributed by atoms with van der Waals surface area (Å²) in [5.74, 6) is 1.12. The Bertz CT molecular complexity index is 847. The van der Waals surface area contributed by atoms with Gasteiger partial charge in [0.2, 0.25) is 0 Å². The molecule has 3 aromatic carbocycles. The first kappa shape index (κ1) is 17.4. The van der Waals surface area contributed by atoms with Gasteiger partial charge in [0.15, 0.2) is 0 Å². The van der Waals surface area contributed by atoms with E-state index in [4.69, 9.17) is 4.74 Å². The number of nitrogens with one attached hydrogen (secondary N) is 1. The highest BCUT2D eigenvalue weighted by Gasteiger charge is 2.06. The Morgan fingerprint density at radius 3 is 2.56 bits per heavy atom. The first-order chi connectivity index (χ1) is 12.1. The fourth-order valence-electron chi connectivity index (χ4n) is 2.57. The van der Waals surface area contributed by atoms with E-state index < -0.39 is 0 Å². The maximum absolute atomic E-state index is 9.37. The zero-order valence-electron chi connectivity index (χ0n) is 14.0. The number of phenols is 1. The summed E-state index contributed by atoms with van der Waals surface area (Å²) in [4.78, 5) is 0. The zero-order valence-corrected chi connectivity index (χ0v) is 15.6. The number of rotatable bonds is 6. The van der Waals surface area contributed by atoms with Crippen molar-refractivity contribution in [3.8, 4) is 11.5 Å². The molecule has 0 saturated carbocycles. The number of hydrogen-bond acceptors (Lipinski definition) is 3. The summed E-state index contributed by atoms with van der Waals surface area (Å²) in [5.41, 5.74) is 4.39. The van der Waals surface area contributed by atoms with Gasteiger partial charge in [-0.15, -0.1) is 0 Å². The van der Waals surface area contributed by atoms with Crippen LogP contribution in [0.15, 0.2) is 71.2 Å². The lowest BCUT2D eigenvalue weighted by atomic mass is 10.1. The Morgan fingerprint density at radius 2 is 1.80 bits per heavy atom. The normalized spacial score (nSPS) is 10.5. The molecule has 0 radical (unpaired) electrons. The van der Waals surface area contributed by atoms with E-state index >= 15 is 0 Å². The summed E-state index contributed by atoms with van der Waals surface area (Å²) < 4.78 is 7.05. The number of anilines is 1. The van der Waals surface area contributed by atoms with E-state index in [0.29, 0.717) is 13.2 Å². The van der Waals surface area contributed by atoms with E-state index in [1.165, 1.54) is 5.56 Å². The molecule has 2 N–H and O–H groups in total. The summed E-state index contributed by atoms with van der Waals surface area (Å²) in [5, 5.41) is 12.7. The van der Waals surface area contributed by atoms with Gasteiger partial charge in [-0.1, -0.05) is 45.8 Å². The number of benzene rings is 3. The molecule has 4 heteroatoms. The van der Waals surface area contributed by atoms with Crippen LogP contribution in [0, 0.1) is 6.92 Å². The van der Waals surface area contributed by atoms with Crippen LogP contribution in [0.3, 0.4) is 0 Å². The molecule has 0 fully saturated rings. The van der Waals surface area contributed by atoms with Gasteiger partial charge in [0.1, 0.15) is 18.1 Å². The molecule has 0 amide bonds. The summed E-state index contributed by atoms with van der Waals surface area (Å²) in [7, 11) is 0. The van der Waals surface area contributed by atoms with E-state index in [0.717, 1.165) is 27.0 Å². The third kappa shape index (κ3) is 5.00. The van der Waals surface area contributed by atoms with Gasteiger partial charge in [-0.2, -0.15) is 0 Å². The van der Waals surface area contributed by atoms with Gasteiger partial charge in [-0.3, -0.25) is 0 Å². The average molecular weight is 398 g/mol. The average Bonchev–Trinajstić information content (AvgIpc) is 2.60. The van der Waals surface area contributed by atoms with Crippen molar-refractivity contribution < 1.29 is 9.84 Å². The van der Waals surface area contributed by atoms with Crippen LogP contribution < -0.4 is 10.1 Å². The first-order valence-corrected chi connectivity index (χ1v) is 8.89. The van der Waals surface area contributed by atoms with Crippen molar-refractivity contribution in [2.75, 3.05) is 5.32 Å². The number of halogens is 1. The zero-order chi connectivity index (χ0) is 17.6. The minimum atomic E-state index is 0.259. The Balaban J connectivity index is 1.70. The van der Waals surface area contributed by atoms with Gasteiger partial charge < -0.3 is 15.2 Å². The second-order valence-corrected chi connectivity index (χ2v) is 6.85. The van der Waals surface area contributed by atoms with Gasteiger partial charge in [-0.25, -0.2) is 0 Å². The van der Waals surface area contributed by atoms with E-state index in [1.54, 1.807) is 12.1 Å². The Kier molecular flexibility index (Phi) is 5.61. The van der Waals surface area contributed by atoms with Crippen LogP contribution in [0.4, 0.5) is 5.69 Å². The van der Waals surface area contributed by atoms with Crippen molar-refractivity contribution in [2.24, 2.45) is 0 Å². The van der Waals surface area contributed by atoms with Crippen molar-refractivity contribution >= 4 is 21.6 Å². The molecule has 25 heavy (non-hydrogen) atoms. The lowest BCUT2D eigenvalue weighted by Gasteiger charge is -2.14. The van der Waals surface area contributed by atoms with E-state index in [-0.39, 0.29) is 5.75 Å². The monoisotopic (exact) mass is 397 g/mol. The van der Waals surface area contributed by atoms with E-state index in [1.807, 2.05) is 30.3 Å². The molecular weight excluding hydrogens is 378 g/mol. The van der Waals surface area contributed by atoms with Crippen LogP contribution in [-0.2, 0) is 13.2 Å². The van der Waals surface area contributed by atoms with Crippen LogP contribution >= 0.6 is 15.9 Å². The van der Waals surface area contributed by atoms with Gasteiger partial charge in [0, 0.05) is 22.3 Å². The van der Waals surface area contributed by atoms with Crippen LogP contribution in [-0.4, -0.2) is 5.11 Å². The van der Waals surface area contributed by atoms with Crippen LogP contribution in [0.5, 0.6) is 11.5 Å². The highest BCUT2D eigenvalue weighted by molar-refractivity contribution is 9.10. The summed E-state index contributed by atoms with van der Waals surface area (Å²) >= 11 is 3.52. The Morgan fingerprint density at radius 1 is 1.00 bits per heavy atom. The van der Waals surface area contributed by atoms with Crippen molar-refractivity contribution in [1.29, 1.82) is 0 Å². The SMILES string of the molecule is Cc1cccc(COc2ccc(Br)cc2CNc2ccc(O)cc2)c1. The van der Waals surface area contributed by atoms with Gasteiger partial charge >= 0.3 is 0 Å². The molecule has 3 rings (SSSR count). The molecule has 0 aliphatic carbocycles. The Labute approximate surface area is 156 Å². The molecule has 0 saturated heterocycles. The molecule has 3 nitrogen and oxygen atoms in total. The number of hydrogen-bond donors (Lipinski definition) is 2. The maximum Gasteiger partial charge on any atom is 0.124 e. The van der Waals surface area contributed by atoms with Crippen molar-refractivity contribution in [2.45, 2.75) is 20.1 Å². The predicted octanol–water partition coefficient (Wildman–Crippen LogP) is 5.65. The first-order valence-electron chi connectivity index (χ1n) is 8.10. The number of aryl methyl sites for hydroxylation is 1. The van der Waals surface area contributed by atoms with Gasteiger partial charge in [0.25, 0.3) is 0 Å². The number of phenolic OH excluding ortho intramolecular Hbond substituents is 1. The summed E-state index contributed by atoms with van der Waals surface area (Å²) in [6.45, 7) is 3.25. The third-order valence-electron chi connectivity index (χ3n) is 3.85. The van der Waals surface area contributed by atoms with Gasteiger partial charge in [0.05, 0.1) is 0 Å². The van der Waals surface area contributed by atoms with E-state index in [2.05, 4.69) is 52.4 Å². The smallest absolute Gasteiger partial charge is 0.124 e. The lowest BCUT2D eigenvalue weighted by molar-refractivity contribution is 0.303. The fourth-order valence-corrected chi connectivity index (χ4v) is 2.98. The molecule has 0 spiro atoms. The minimum Gasteiger partial charge on any atom is -0.508 e. The highest BCUT2D eigenvalue weighted by atomic mass is 79.9. The van der Waals surface area contributed by atoms with Crippen molar-refractivity contribution in [3.63, 3.8) is 0 Å². The van der Waals surface area contributed by atoms with Crippen LogP contribution in [0.25, 0.3) is 0 Å².